The molecule has 0 saturated carbocycles. The first kappa shape index (κ1) is 8.30. The number of nitrogen functional groups attached to an aromatic ring is 1. The van der Waals surface area contributed by atoms with Crippen molar-refractivity contribution >= 4 is 28.2 Å². The Kier molecular flexibility index (Phi) is 1.65. The monoisotopic (exact) mass is 218 g/mol. The summed E-state index contributed by atoms with van der Waals surface area (Å²) in [5.41, 5.74) is 8.93. The van der Waals surface area contributed by atoms with Gasteiger partial charge in [-0.05, 0) is 0 Å². The summed E-state index contributed by atoms with van der Waals surface area (Å²) in [6, 6.07) is 0. The van der Waals surface area contributed by atoms with E-state index in [2.05, 4.69) is 20.1 Å². The predicted molar refractivity (Wildman–Crippen MR) is 56.7 cm³/mol. The second-order valence-corrected chi connectivity index (χ2v) is 3.61. The molecule has 0 unspecified atom stereocenters. The minimum absolute atomic E-state index is 0.408. The Morgan fingerprint density at radius 2 is 2.20 bits per heavy atom. The molecule has 3 aromatic heterocycles. The maximum absolute atomic E-state index is 5.77. The van der Waals surface area contributed by atoms with Gasteiger partial charge in [0.2, 0.25) is 0 Å². The molecule has 0 radical (unpaired) electrons. The zero-order valence-electron chi connectivity index (χ0n) is 7.53. The molecule has 0 bridgehead atoms. The topological polar surface area (TPSA) is 82.5 Å². The lowest BCUT2D eigenvalue weighted by Gasteiger charge is -1.99. The van der Waals surface area contributed by atoms with Gasteiger partial charge in [-0.3, -0.25) is 0 Å². The van der Waals surface area contributed by atoms with Crippen molar-refractivity contribution in [3.05, 3.63) is 23.4 Å². The van der Waals surface area contributed by atoms with Crippen molar-refractivity contribution in [2.45, 2.75) is 0 Å². The second kappa shape index (κ2) is 2.99. The highest BCUT2D eigenvalue weighted by atomic mass is 32.1. The number of rotatable bonds is 1. The standard InChI is InChI=1S/C8H6N6S/c9-8-7-5(10-3-11-8)1-13-14(7)6-2-15-4-12-6/h1-4H,(H2,9,10,11). The highest BCUT2D eigenvalue weighted by Crippen LogP contribution is 2.19. The van der Waals surface area contributed by atoms with Gasteiger partial charge in [0, 0.05) is 5.38 Å². The molecule has 15 heavy (non-hydrogen) atoms. The molecule has 0 aliphatic heterocycles. The van der Waals surface area contributed by atoms with Crippen molar-refractivity contribution in [3.8, 4) is 5.82 Å². The van der Waals surface area contributed by atoms with Gasteiger partial charge in [0.15, 0.2) is 11.6 Å². The first-order chi connectivity index (χ1) is 7.36. The molecule has 0 aliphatic carbocycles. The van der Waals surface area contributed by atoms with Gasteiger partial charge >= 0.3 is 0 Å². The van der Waals surface area contributed by atoms with Crippen LogP contribution in [0.5, 0.6) is 0 Å². The van der Waals surface area contributed by atoms with Crippen LogP contribution in [0.25, 0.3) is 16.9 Å². The fourth-order valence-corrected chi connectivity index (χ4v) is 1.89. The van der Waals surface area contributed by atoms with Crippen LogP contribution in [0.4, 0.5) is 5.82 Å². The third-order valence-electron chi connectivity index (χ3n) is 2.02. The van der Waals surface area contributed by atoms with Crippen molar-refractivity contribution < 1.29 is 0 Å². The van der Waals surface area contributed by atoms with Crippen LogP contribution in [0, 0.1) is 0 Å². The Balaban J connectivity index is 2.37. The van der Waals surface area contributed by atoms with E-state index in [9.17, 15) is 0 Å². The summed E-state index contributed by atoms with van der Waals surface area (Å²) in [5, 5.41) is 6.06. The summed E-state index contributed by atoms with van der Waals surface area (Å²) in [6.07, 6.45) is 3.07. The van der Waals surface area contributed by atoms with E-state index in [0.717, 1.165) is 11.3 Å². The number of nitrogens with zero attached hydrogens (tertiary/aromatic N) is 5. The molecular weight excluding hydrogens is 212 g/mol. The van der Waals surface area contributed by atoms with Gasteiger partial charge in [-0.1, -0.05) is 0 Å². The average Bonchev–Trinajstić information content (AvgIpc) is 2.85. The van der Waals surface area contributed by atoms with Crippen LogP contribution in [0.15, 0.2) is 23.4 Å². The lowest BCUT2D eigenvalue weighted by Crippen LogP contribution is -2.00. The predicted octanol–water partition coefficient (Wildman–Crippen LogP) is 0.854. The SMILES string of the molecule is Nc1ncnc2cnn(-c3cscn3)c12. The molecule has 0 fully saturated rings. The maximum atomic E-state index is 5.77. The van der Waals surface area contributed by atoms with Crippen LogP contribution in [-0.4, -0.2) is 24.7 Å². The Morgan fingerprint density at radius 1 is 1.27 bits per heavy atom. The van der Waals surface area contributed by atoms with E-state index in [1.54, 1.807) is 16.4 Å². The van der Waals surface area contributed by atoms with Crippen LogP contribution in [0.1, 0.15) is 0 Å². The third-order valence-corrected chi connectivity index (χ3v) is 2.60. The molecular formula is C8H6N6S. The number of fused-ring (bicyclic) bond motifs is 1. The molecule has 0 amide bonds. The highest BCUT2D eigenvalue weighted by molar-refractivity contribution is 7.07. The molecule has 0 aliphatic rings. The van der Waals surface area contributed by atoms with Crippen molar-refractivity contribution in [2.75, 3.05) is 5.73 Å². The lowest BCUT2D eigenvalue weighted by atomic mass is 10.4. The van der Waals surface area contributed by atoms with Crippen molar-refractivity contribution in [1.29, 1.82) is 0 Å². The number of hydrogen-bond acceptors (Lipinski definition) is 6. The number of anilines is 1. The molecule has 0 saturated heterocycles. The van der Waals surface area contributed by atoms with Crippen LogP contribution < -0.4 is 5.73 Å². The van der Waals surface area contributed by atoms with Crippen molar-refractivity contribution in [3.63, 3.8) is 0 Å². The molecule has 0 spiro atoms. The first-order valence-corrected chi connectivity index (χ1v) is 5.13. The minimum Gasteiger partial charge on any atom is -0.382 e. The molecule has 7 heteroatoms. The van der Waals surface area contributed by atoms with Gasteiger partial charge in [-0.25, -0.2) is 19.6 Å². The van der Waals surface area contributed by atoms with Crippen molar-refractivity contribution in [1.82, 2.24) is 24.7 Å². The third kappa shape index (κ3) is 1.17. The number of aromatic nitrogens is 5. The summed E-state index contributed by atoms with van der Waals surface area (Å²) in [7, 11) is 0. The quantitative estimate of drug-likeness (QED) is 0.654. The van der Waals surface area contributed by atoms with E-state index in [-0.39, 0.29) is 0 Å². The molecule has 6 nitrogen and oxygen atoms in total. The average molecular weight is 218 g/mol. The number of nitrogens with two attached hydrogens (primary N) is 1. The number of thiazole rings is 1. The minimum atomic E-state index is 0.408. The first-order valence-electron chi connectivity index (χ1n) is 4.19. The largest absolute Gasteiger partial charge is 0.382 e. The van der Waals surface area contributed by atoms with Crippen LogP contribution in [-0.2, 0) is 0 Å². The van der Waals surface area contributed by atoms with Gasteiger partial charge in [-0.15, -0.1) is 11.3 Å². The Hall–Kier alpha value is -2.02. The zero-order chi connectivity index (χ0) is 10.3. The Bertz CT molecular complexity index is 599. The van der Waals surface area contributed by atoms with Gasteiger partial charge in [0.1, 0.15) is 17.4 Å². The lowest BCUT2D eigenvalue weighted by molar-refractivity contribution is 0.883. The Labute approximate surface area is 88.4 Å². The zero-order valence-corrected chi connectivity index (χ0v) is 8.35. The van der Waals surface area contributed by atoms with Gasteiger partial charge < -0.3 is 5.73 Å². The van der Waals surface area contributed by atoms with E-state index in [0.29, 0.717) is 11.3 Å². The fraction of sp³-hybridized carbons (Fsp3) is 0. The summed E-state index contributed by atoms with van der Waals surface area (Å²) in [4.78, 5) is 12.2. The van der Waals surface area contributed by atoms with Crippen LogP contribution in [0.2, 0.25) is 0 Å². The smallest absolute Gasteiger partial charge is 0.165 e. The molecule has 3 heterocycles. The second-order valence-electron chi connectivity index (χ2n) is 2.90. The molecule has 74 valence electrons. The van der Waals surface area contributed by atoms with E-state index in [1.807, 2.05) is 5.38 Å². The molecule has 3 rings (SSSR count). The van der Waals surface area contributed by atoms with Crippen molar-refractivity contribution in [2.24, 2.45) is 0 Å². The van der Waals surface area contributed by atoms with Crippen LogP contribution >= 0.6 is 11.3 Å². The van der Waals surface area contributed by atoms with E-state index in [4.69, 9.17) is 5.73 Å². The summed E-state index contributed by atoms with van der Waals surface area (Å²) >= 11 is 1.50. The molecule has 0 aromatic carbocycles. The van der Waals surface area contributed by atoms with E-state index < -0.39 is 0 Å². The molecule has 0 atom stereocenters. The normalized spacial score (nSPS) is 10.9. The number of hydrogen-bond donors (Lipinski definition) is 1. The van der Waals surface area contributed by atoms with Gasteiger partial charge in [0.05, 0.1) is 11.7 Å². The van der Waals surface area contributed by atoms with E-state index >= 15 is 0 Å². The highest BCUT2D eigenvalue weighted by Gasteiger charge is 2.10. The summed E-state index contributed by atoms with van der Waals surface area (Å²) in [5.74, 6) is 1.14. The molecule has 3 aromatic rings. The Morgan fingerprint density at radius 3 is 3.00 bits per heavy atom. The fourth-order valence-electron chi connectivity index (χ4n) is 1.37. The summed E-state index contributed by atoms with van der Waals surface area (Å²) < 4.78 is 1.64. The maximum Gasteiger partial charge on any atom is 0.165 e. The molecule has 2 N–H and O–H groups in total. The van der Waals surface area contributed by atoms with Crippen LogP contribution in [0.3, 0.4) is 0 Å². The van der Waals surface area contributed by atoms with E-state index in [1.165, 1.54) is 17.7 Å². The van der Waals surface area contributed by atoms with Gasteiger partial charge in [-0.2, -0.15) is 5.10 Å². The summed E-state index contributed by atoms with van der Waals surface area (Å²) in [6.45, 7) is 0. The van der Waals surface area contributed by atoms with Gasteiger partial charge in [0.25, 0.3) is 0 Å².